The summed E-state index contributed by atoms with van der Waals surface area (Å²) in [5, 5.41) is 10.8. The molecule has 0 radical (unpaired) electrons. The summed E-state index contributed by atoms with van der Waals surface area (Å²) >= 11 is 5.88. The Morgan fingerprint density at radius 3 is 2.79 bits per heavy atom. The SMILES string of the molecule is NCc1ncc2c(c1O)COC2c1ccc(Cl)cc1. The van der Waals surface area contributed by atoms with Gasteiger partial charge in [0.2, 0.25) is 0 Å². The number of hydrogen-bond acceptors (Lipinski definition) is 4. The topological polar surface area (TPSA) is 68.4 Å². The predicted molar refractivity (Wildman–Crippen MR) is 71.9 cm³/mol. The van der Waals surface area contributed by atoms with Gasteiger partial charge in [0, 0.05) is 28.9 Å². The van der Waals surface area contributed by atoms with Crippen molar-refractivity contribution in [3.8, 4) is 5.75 Å². The molecule has 1 atom stereocenters. The lowest BCUT2D eigenvalue weighted by Crippen LogP contribution is -2.03. The van der Waals surface area contributed by atoms with Gasteiger partial charge in [0.1, 0.15) is 11.9 Å². The zero-order chi connectivity index (χ0) is 13.4. The fourth-order valence-electron chi connectivity index (χ4n) is 2.29. The number of nitrogens with zero attached hydrogens (tertiary/aromatic N) is 1. The highest BCUT2D eigenvalue weighted by Gasteiger charge is 2.28. The molecule has 98 valence electrons. The Bertz CT molecular complexity index is 614. The molecule has 0 amide bonds. The maximum absolute atomic E-state index is 10.1. The first kappa shape index (κ1) is 12.4. The van der Waals surface area contributed by atoms with Crippen molar-refractivity contribution in [2.24, 2.45) is 5.73 Å². The summed E-state index contributed by atoms with van der Waals surface area (Å²) in [7, 11) is 0. The number of pyridine rings is 1. The monoisotopic (exact) mass is 276 g/mol. The Hall–Kier alpha value is -1.62. The molecule has 3 N–H and O–H groups in total. The molecule has 1 unspecified atom stereocenters. The number of benzene rings is 1. The molecule has 4 nitrogen and oxygen atoms in total. The summed E-state index contributed by atoms with van der Waals surface area (Å²) in [6.07, 6.45) is 1.52. The van der Waals surface area contributed by atoms with Crippen molar-refractivity contribution in [2.45, 2.75) is 19.3 Å². The van der Waals surface area contributed by atoms with E-state index in [0.29, 0.717) is 17.3 Å². The Morgan fingerprint density at radius 1 is 1.37 bits per heavy atom. The first-order valence-electron chi connectivity index (χ1n) is 5.97. The Kier molecular flexibility index (Phi) is 3.14. The smallest absolute Gasteiger partial charge is 0.144 e. The number of ether oxygens (including phenoxy) is 1. The molecule has 0 bridgehead atoms. The molecule has 1 aliphatic heterocycles. The van der Waals surface area contributed by atoms with Crippen molar-refractivity contribution < 1.29 is 9.84 Å². The van der Waals surface area contributed by atoms with Crippen molar-refractivity contribution >= 4 is 11.6 Å². The fourth-order valence-corrected chi connectivity index (χ4v) is 2.42. The first-order valence-corrected chi connectivity index (χ1v) is 6.35. The van der Waals surface area contributed by atoms with Crippen molar-refractivity contribution in [1.29, 1.82) is 0 Å². The van der Waals surface area contributed by atoms with Crippen LogP contribution in [0.25, 0.3) is 0 Å². The van der Waals surface area contributed by atoms with Gasteiger partial charge in [0.15, 0.2) is 0 Å². The Morgan fingerprint density at radius 2 is 2.11 bits per heavy atom. The summed E-state index contributed by atoms with van der Waals surface area (Å²) < 4.78 is 5.75. The van der Waals surface area contributed by atoms with E-state index in [9.17, 15) is 5.11 Å². The molecule has 5 heteroatoms. The standard InChI is InChI=1S/C14H13ClN2O2/c15-9-3-1-8(2-4-9)14-10-6-17-12(5-16)13(18)11(10)7-19-14/h1-4,6,14,18H,5,7,16H2. The lowest BCUT2D eigenvalue weighted by molar-refractivity contribution is 0.0932. The van der Waals surface area contributed by atoms with E-state index in [-0.39, 0.29) is 18.4 Å². The second-order valence-electron chi connectivity index (χ2n) is 4.43. The summed E-state index contributed by atoms with van der Waals surface area (Å²) in [5.41, 5.74) is 8.68. The van der Waals surface area contributed by atoms with Crippen LogP contribution in [0.1, 0.15) is 28.5 Å². The average Bonchev–Trinajstić information content (AvgIpc) is 2.85. The van der Waals surface area contributed by atoms with E-state index in [0.717, 1.165) is 16.7 Å². The molecular weight excluding hydrogens is 264 g/mol. The van der Waals surface area contributed by atoms with Gasteiger partial charge >= 0.3 is 0 Å². The number of rotatable bonds is 2. The lowest BCUT2D eigenvalue weighted by atomic mass is 10.00. The number of aromatic hydroxyl groups is 1. The minimum atomic E-state index is -0.211. The summed E-state index contributed by atoms with van der Waals surface area (Å²) in [6.45, 7) is 0.578. The van der Waals surface area contributed by atoms with Crippen LogP contribution in [-0.2, 0) is 17.9 Å². The van der Waals surface area contributed by atoms with Crippen LogP contribution >= 0.6 is 11.6 Å². The molecular formula is C14H13ClN2O2. The molecule has 0 saturated carbocycles. The summed E-state index contributed by atoms with van der Waals surface area (Å²) in [4.78, 5) is 4.18. The Labute approximate surface area is 115 Å². The second-order valence-corrected chi connectivity index (χ2v) is 4.87. The molecule has 0 spiro atoms. The van der Waals surface area contributed by atoms with Gasteiger partial charge in [-0.1, -0.05) is 23.7 Å². The van der Waals surface area contributed by atoms with Crippen LogP contribution in [0.2, 0.25) is 5.02 Å². The minimum Gasteiger partial charge on any atom is -0.506 e. The third-order valence-electron chi connectivity index (χ3n) is 3.31. The van der Waals surface area contributed by atoms with Crippen LogP contribution in [0.3, 0.4) is 0 Å². The number of halogens is 1. The van der Waals surface area contributed by atoms with Crippen LogP contribution in [0.15, 0.2) is 30.5 Å². The van der Waals surface area contributed by atoms with Gasteiger partial charge < -0.3 is 15.6 Å². The molecule has 3 rings (SSSR count). The minimum absolute atomic E-state index is 0.150. The van der Waals surface area contributed by atoms with Crippen molar-refractivity contribution in [2.75, 3.05) is 0 Å². The van der Waals surface area contributed by atoms with Crippen LogP contribution < -0.4 is 5.73 Å². The highest BCUT2D eigenvalue weighted by atomic mass is 35.5. The van der Waals surface area contributed by atoms with Crippen LogP contribution in [0.5, 0.6) is 5.75 Å². The van der Waals surface area contributed by atoms with Gasteiger partial charge in [-0.15, -0.1) is 0 Å². The predicted octanol–water partition coefficient (Wildman–Crippen LogP) is 2.52. The Balaban J connectivity index is 2.03. The zero-order valence-corrected chi connectivity index (χ0v) is 10.9. The van der Waals surface area contributed by atoms with Gasteiger partial charge in [-0.3, -0.25) is 4.98 Å². The quantitative estimate of drug-likeness (QED) is 0.884. The third kappa shape index (κ3) is 2.08. The molecule has 19 heavy (non-hydrogen) atoms. The summed E-state index contributed by atoms with van der Waals surface area (Å²) in [5.74, 6) is 0.150. The number of aromatic nitrogens is 1. The highest BCUT2D eigenvalue weighted by Crippen LogP contribution is 2.40. The van der Waals surface area contributed by atoms with Crippen LogP contribution in [0.4, 0.5) is 0 Å². The molecule has 0 fully saturated rings. The lowest BCUT2D eigenvalue weighted by Gasteiger charge is -2.12. The maximum Gasteiger partial charge on any atom is 0.144 e. The van der Waals surface area contributed by atoms with E-state index >= 15 is 0 Å². The van der Waals surface area contributed by atoms with Gasteiger partial charge in [-0.2, -0.15) is 0 Å². The van der Waals surface area contributed by atoms with E-state index in [1.165, 1.54) is 0 Å². The summed E-state index contributed by atoms with van der Waals surface area (Å²) in [6, 6.07) is 7.46. The normalized spacial score (nSPS) is 17.5. The van der Waals surface area contributed by atoms with Crippen LogP contribution in [0, 0.1) is 0 Å². The van der Waals surface area contributed by atoms with Crippen molar-refractivity contribution in [1.82, 2.24) is 4.98 Å². The molecule has 1 aromatic carbocycles. The fraction of sp³-hybridized carbons (Fsp3) is 0.214. The zero-order valence-electron chi connectivity index (χ0n) is 10.1. The van der Waals surface area contributed by atoms with Crippen molar-refractivity contribution in [3.05, 3.63) is 57.9 Å². The molecule has 1 aliphatic rings. The van der Waals surface area contributed by atoms with E-state index in [2.05, 4.69) is 4.98 Å². The molecule has 0 aliphatic carbocycles. The van der Waals surface area contributed by atoms with E-state index in [4.69, 9.17) is 22.1 Å². The molecule has 2 aromatic rings. The highest BCUT2D eigenvalue weighted by molar-refractivity contribution is 6.30. The molecule has 2 heterocycles. The average molecular weight is 277 g/mol. The molecule has 0 saturated heterocycles. The van der Waals surface area contributed by atoms with Gasteiger partial charge in [0.25, 0.3) is 0 Å². The number of fused-ring (bicyclic) bond motifs is 1. The van der Waals surface area contributed by atoms with Gasteiger partial charge in [0.05, 0.1) is 12.3 Å². The molecule has 1 aromatic heterocycles. The maximum atomic E-state index is 10.1. The van der Waals surface area contributed by atoms with Gasteiger partial charge in [-0.05, 0) is 17.7 Å². The van der Waals surface area contributed by atoms with Crippen LogP contribution in [-0.4, -0.2) is 10.1 Å². The third-order valence-corrected chi connectivity index (χ3v) is 3.56. The number of hydrogen-bond donors (Lipinski definition) is 2. The van der Waals surface area contributed by atoms with Gasteiger partial charge in [-0.25, -0.2) is 0 Å². The van der Waals surface area contributed by atoms with E-state index in [1.807, 2.05) is 24.3 Å². The van der Waals surface area contributed by atoms with E-state index < -0.39 is 0 Å². The van der Waals surface area contributed by atoms with E-state index in [1.54, 1.807) is 6.20 Å². The largest absolute Gasteiger partial charge is 0.506 e. The second kappa shape index (κ2) is 4.81. The number of nitrogens with two attached hydrogens (primary N) is 1. The van der Waals surface area contributed by atoms with Crippen molar-refractivity contribution in [3.63, 3.8) is 0 Å². The first-order chi connectivity index (χ1) is 9.20.